The number of para-hydroxylation sites is 2. The number of aromatic nitrogens is 1. The third-order valence-electron chi connectivity index (χ3n) is 3.25. The molecule has 2 aromatic carbocycles. The van der Waals surface area contributed by atoms with E-state index in [4.69, 9.17) is 10.2 Å². The largest absolute Gasteiger partial charge is 0.431 e. The first-order chi connectivity index (χ1) is 9.74. The molecular weight excluding hydrogens is 268 g/mol. The first-order valence-electron chi connectivity index (χ1n) is 6.53. The Morgan fingerprint density at radius 2 is 1.90 bits per heavy atom. The summed E-state index contributed by atoms with van der Waals surface area (Å²) in [6, 6.07) is 16.0. The smallest absolute Gasteiger partial charge is 0.256 e. The molecule has 3 aromatic rings. The fourth-order valence-corrected chi connectivity index (χ4v) is 2.98. The zero-order valence-electron chi connectivity index (χ0n) is 11.2. The fourth-order valence-electron chi connectivity index (χ4n) is 2.17. The van der Waals surface area contributed by atoms with Crippen LogP contribution in [0.15, 0.2) is 58.2 Å². The number of benzene rings is 2. The van der Waals surface area contributed by atoms with E-state index in [9.17, 15) is 0 Å². The van der Waals surface area contributed by atoms with Crippen LogP contribution in [0.3, 0.4) is 0 Å². The van der Waals surface area contributed by atoms with Gasteiger partial charge in [-0.2, -0.15) is 0 Å². The highest BCUT2D eigenvalue weighted by molar-refractivity contribution is 7.99. The molecule has 0 fully saturated rings. The maximum absolute atomic E-state index is 6.25. The van der Waals surface area contributed by atoms with Gasteiger partial charge in [0.2, 0.25) is 0 Å². The highest BCUT2D eigenvalue weighted by Gasteiger charge is 2.12. The molecule has 0 aliphatic heterocycles. The maximum atomic E-state index is 6.25. The van der Waals surface area contributed by atoms with E-state index in [0.29, 0.717) is 5.22 Å². The highest BCUT2D eigenvalue weighted by Crippen LogP contribution is 2.27. The van der Waals surface area contributed by atoms with E-state index in [-0.39, 0.29) is 6.04 Å². The van der Waals surface area contributed by atoms with Gasteiger partial charge in [0.25, 0.3) is 5.22 Å². The minimum atomic E-state index is -0.0174. The Bertz CT molecular complexity index is 690. The normalized spacial score (nSPS) is 12.7. The van der Waals surface area contributed by atoms with Crippen molar-refractivity contribution in [2.24, 2.45) is 5.73 Å². The van der Waals surface area contributed by atoms with E-state index in [1.54, 1.807) is 11.8 Å². The van der Waals surface area contributed by atoms with Gasteiger partial charge in [0.15, 0.2) is 5.58 Å². The van der Waals surface area contributed by atoms with Crippen LogP contribution in [0, 0.1) is 6.92 Å². The van der Waals surface area contributed by atoms with Crippen molar-refractivity contribution in [2.75, 3.05) is 5.75 Å². The molecule has 1 aromatic heterocycles. The van der Waals surface area contributed by atoms with Crippen LogP contribution in [0.25, 0.3) is 11.1 Å². The number of nitrogens with two attached hydrogens (primary N) is 1. The first kappa shape index (κ1) is 13.2. The number of rotatable bonds is 4. The molecule has 0 bridgehead atoms. The standard InChI is InChI=1S/C16H16N2OS/c1-11-6-2-3-7-12(11)13(17)10-20-16-18-14-8-4-5-9-15(14)19-16/h2-9,13H,10,17H2,1H3. The molecular formula is C16H16N2OS. The van der Waals surface area contributed by atoms with E-state index in [2.05, 4.69) is 24.0 Å². The van der Waals surface area contributed by atoms with E-state index >= 15 is 0 Å². The second-order valence-corrected chi connectivity index (χ2v) is 5.69. The molecule has 4 heteroatoms. The van der Waals surface area contributed by atoms with Crippen molar-refractivity contribution >= 4 is 22.9 Å². The molecule has 0 spiro atoms. The number of hydrogen-bond donors (Lipinski definition) is 1. The Morgan fingerprint density at radius 3 is 2.70 bits per heavy atom. The third-order valence-corrected chi connectivity index (χ3v) is 4.20. The summed E-state index contributed by atoms with van der Waals surface area (Å²) in [6.45, 7) is 2.08. The van der Waals surface area contributed by atoms with Gasteiger partial charge in [0, 0.05) is 11.8 Å². The molecule has 102 valence electrons. The average molecular weight is 284 g/mol. The quantitative estimate of drug-likeness (QED) is 0.738. The topological polar surface area (TPSA) is 52.0 Å². The minimum Gasteiger partial charge on any atom is -0.431 e. The van der Waals surface area contributed by atoms with Crippen molar-refractivity contribution in [1.82, 2.24) is 4.98 Å². The Labute approximate surface area is 122 Å². The van der Waals surface area contributed by atoms with Crippen molar-refractivity contribution in [1.29, 1.82) is 0 Å². The van der Waals surface area contributed by atoms with Crippen molar-refractivity contribution in [3.8, 4) is 0 Å². The van der Waals surface area contributed by atoms with Crippen LogP contribution in [-0.2, 0) is 0 Å². The molecule has 0 aliphatic carbocycles. The summed E-state index contributed by atoms with van der Waals surface area (Å²) in [5.41, 5.74) is 10.4. The van der Waals surface area contributed by atoms with E-state index < -0.39 is 0 Å². The zero-order chi connectivity index (χ0) is 13.9. The predicted molar refractivity (Wildman–Crippen MR) is 82.8 cm³/mol. The summed E-state index contributed by atoms with van der Waals surface area (Å²) in [5.74, 6) is 0.748. The molecule has 3 nitrogen and oxygen atoms in total. The minimum absolute atomic E-state index is 0.0174. The van der Waals surface area contributed by atoms with E-state index in [1.165, 1.54) is 11.1 Å². The number of fused-ring (bicyclic) bond motifs is 1. The van der Waals surface area contributed by atoms with Gasteiger partial charge in [-0.1, -0.05) is 48.2 Å². The summed E-state index contributed by atoms with van der Waals surface area (Å²) in [7, 11) is 0. The molecule has 1 atom stereocenters. The van der Waals surface area contributed by atoms with Crippen LogP contribution in [0.4, 0.5) is 0 Å². The van der Waals surface area contributed by atoms with Gasteiger partial charge in [0.05, 0.1) is 0 Å². The van der Waals surface area contributed by atoms with E-state index in [0.717, 1.165) is 16.9 Å². The summed E-state index contributed by atoms with van der Waals surface area (Å²) in [6.07, 6.45) is 0. The van der Waals surface area contributed by atoms with Crippen molar-refractivity contribution in [3.05, 3.63) is 59.7 Å². The van der Waals surface area contributed by atoms with Crippen LogP contribution in [0.1, 0.15) is 17.2 Å². The number of aryl methyl sites for hydroxylation is 1. The molecule has 0 radical (unpaired) electrons. The summed E-state index contributed by atoms with van der Waals surface area (Å²) in [5, 5.41) is 0.676. The second-order valence-electron chi connectivity index (χ2n) is 4.72. The van der Waals surface area contributed by atoms with Crippen LogP contribution in [0.5, 0.6) is 0 Å². The third kappa shape index (κ3) is 2.71. The predicted octanol–water partition coefficient (Wildman–Crippen LogP) is 3.93. The highest BCUT2D eigenvalue weighted by atomic mass is 32.2. The monoisotopic (exact) mass is 284 g/mol. The van der Waals surface area contributed by atoms with Crippen molar-refractivity contribution < 1.29 is 4.42 Å². The Balaban J connectivity index is 1.71. The lowest BCUT2D eigenvalue weighted by Crippen LogP contribution is -2.14. The molecule has 0 amide bonds. The first-order valence-corrected chi connectivity index (χ1v) is 7.52. The molecule has 0 aliphatic rings. The number of oxazole rings is 1. The van der Waals surface area contributed by atoms with E-state index in [1.807, 2.05) is 36.4 Å². The molecule has 0 saturated heterocycles. The Morgan fingerprint density at radius 1 is 1.15 bits per heavy atom. The van der Waals surface area contributed by atoms with Crippen molar-refractivity contribution in [3.63, 3.8) is 0 Å². The molecule has 0 saturated carbocycles. The van der Waals surface area contributed by atoms with Crippen LogP contribution in [-0.4, -0.2) is 10.7 Å². The fraction of sp³-hybridized carbons (Fsp3) is 0.188. The molecule has 2 N–H and O–H groups in total. The SMILES string of the molecule is Cc1ccccc1C(N)CSc1nc2ccccc2o1. The van der Waals surface area contributed by atoms with Gasteiger partial charge >= 0.3 is 0 Å². The lowest BCUT2D eigenvalue weighted by molar-refractivity contribution is 0.489. The molecule has 20 heavy (non-hydrogen) atoms. The van der Waals surface area contributed by atoms with Gasteiger partial charge < -0.3 is 10.2 Å². The Kier molecular flexibility index (Phi) is 3.76. The lowest BCUT2D eigenvalue weighted by atomic mass is 10.0. The molecule has 1 unspecified atom stereocenters. The van der Waals surface area contributed by atoms with Gasteiger partial charge in [0.1, 0.15) is 5.52 Å². The second kappa shape index (κ2) is 5.69. The number of nitrogens with zero attached hydrogens (tertiary/aromatic N) is 1. The molecule has 3 rings (SSSR count). The zero-order valence-corrected chi connectivity index (χ0v) is 12.1. The molecule has 1 heterocycles. The lowest BCUT2D eigenvalue weighted by Gasteiger charge is -2.12. The van der Waals surface area contributed by atoms with Crippen molar-refractivity contribution in [2.45, 2.75) is 18.2 Å². The van der Waals surface area contributed by atoms with Crippen LogP contribution >= 0.6 is 11.8 Å². The summed E-state index contributed by atoms with van der Waals surface area (Å²) >= 11 is 1.56. The Hall–Kier alpha value is -1.78. The maximum Gasteiger partial charge on any atom is 0.256 e. The number of thioether (sulfide) groups is 1. The number of hydrogen-bond acceptors (Lipinski definition) is 4. The van der Waals surface area contributed by atoms with Gasteiger partial charge in [-0.15, -0.1) is 0 Å². The average Bonchev–Trinajstić information content (AvgIpc) is 2.88. The summed E-state index contributed by atoms with van der Waals surface area (Å²) < 4.78 is 5.68. The summed E-state index contributed by atoms with van der Waals surface area (Å²) in [4.78, 5) is 4.44. The van der Waals surface area contributed by atoms with Gasteiger partial charge in [-0.05, 0) is 30.2 Å². The van der Waals surface area contributed by atoms with Gasteiger partial charge in [-0.3, -0.25) is 0 Å². The van der Waals surface area contributed by atoms with Gasteiger partial charge in [-0.25, -0.2) is 4.98 Å². The van der Waals surface area contributed by atoms with Crippen LogP contribution < -0.4 is 5.73 Å². The van der Waals surface area contributed by atoms with Crippen LogP contribution in [0.2, 0.25) is 0 Å².